The highest BCUT2D eigenvalue weighted by molar-refractivity contribution is 5.95. The lowest BCUT2D eigenvalue weighted by Gasteiger charge is -2.36. The summed E-state index contributed by atoms with van der Waals surface area (Å²) in [6.45, 7) is 8.91. The normalized spacial score (nSPS) is 14.2. The number of benzene rings is 2. The predicted octanol–water partition coefficient (Wildman–Crippen LogP) is 3.51. The van der Waals surface area contributed by atoms with E-state index in [4.69, 9.17) is 9.47 Å². The van der Waals surface area contributed by atoms with Gasteiger partial charge in [0.1, 0.15) is 11.5 Å². The van der Waals surface area contributed by atoms with Crippen molar-refractivity contribution in [1.82, 2.24) is 9.80 Å². The lowest BCUT2D eigenvalue weighted by molar-refractivity contribution is 0.0745. The van der Waals surface area contributed by atoms with Gasteiger partial charge in [-0.1, -0.05) is 12.1 Å². The standard InChI is InChI=1S/C24H33N3O3/c1-5-29-22-15-20(16-23(17-22)30-6-2)24(28)27-12-10-26(11-13-27)21-9-7-8-19(14-21)18-25(3)4/h7-9,14-17H,5-6,10-13,18H2,1-4H3. The molecule has 0 aliphatic carbocycles. The van der Waals surface area contributed by atoms with Crippen molar-refractivity contribution in [3.63, 3.8) is 0 Å². The Morgan fingerprint density at radius 3 is 2.13 bits per heavy atom. The molecule has 1 heterocycles. The predicted molar refractivity (Wildman–Crippen MR) is 121 cm³/mol. The number of rotatable bonds is 8. The third-order valence-electron chi connectivity index (χ3n) is 5.09. The van der Waals surface area contributed by atoms with Crippen molar-refractivity contribution in [3.05, 3.63) is 53.6 Å². The highest BCUT2D eigenvalue weighted by Gasteiger charge is 2.23. The second-order valence-electron chi connectivity index (χ2n) is 7.75. The maximum absolute atomic E-state index is 13.1. The summed E-state index contributed by atoms with van der Waals surface area (Å²) in [6, 6.07) is 14.1. The summed E-state index contributed by atoms with van der Waals surface area (Å²) < 4.78 is 11.2. The first-order valence-corrected chi connectivity index (χ1v) is 10.7. The first-order valence-electron chi connectivity index (χ1n) is 10.7. The SMILES string of the molecule is CCOc1cc(OCC)cc(C(=O)N2CCN(c3cccc(CN(C)C)c3)CC2)c1. The van der Waals surface area contributed by atoms with Crippen LogP contribution in [0.5, 0.6) is 11.5 Å². The van der Waals surface area contributed by atoms with E-state index >= 15 is 0 Å². The molecule has 0 bridgehead atoms. The molecule has 0 atom stereocenters. The summed E-state index contributed by atoms with van der Waals surface area (Å²) in [6.07, 6.45) is 0. The van der Waals surface area contributed by atoms with E-state index in [-0.39, 0.29) is 5.91 Å². The lowest BCUT2D eigenvalue weighted by Crippen LogP contribution is -2.48. The number of carbonyl (C=O) groups is 1. The Morgan fingerprint density at radius 1 is 0.933 bits per heavy atom. The fourth-order valence-corrected chi connectivity index (χ4v) is 3.76. The van der Waals surface area contributed by atoms with Crippen LogP contribution in [-0.2, 0) is 6.54 Å². The Labute approximate surface area is 180 Å². The molecule has 1 saturated heterocycles. The molecule has 1 amide bonds. The van der Waals surface area contributed by atoms with Gasteiger partial charge in [-0.05, 0) is 57.8 Å². The molecule has 0 radical (unpaired) electrons. The zero-order valence-corrected chi connectivity index (χ0v) is 18.6. The number of amides is 1. The molecule has 0 aromatic heterocycles. The van der Waals surface area contributed by atoms with Crippen LogP contribution in [0, 0.1) is 0 Å². The van der Waals surface area contributed by atoms with E-state index in [1.165, 1.54) is 11.3 Å². The fraction of sp³-hybridized carbons (Fsp3) is 0.458. The number of carbonyl (C=O) groups excluding carboxylic acids is 1. The van der Waals surface area contributed by atoms with Crippen molar-refractivity contribution < 1.29 is 14.3 Å². The minimum atomic E-state index is 0.0264. The summed E-state index contributed by atoms with van der Waals surface area (Å²) in [5, 5.41) is 0. The van der Waals surface area contributed by atoms with Gasteiger partial charge in [0.2, 0.25) is 0 Å². The summed E-state index contributed by atoms with van der Waals surface area (Å²) in [5.74, 6) is 1.37. The second-order valence-corrected chi connectivity index (χ2v) is 7.75. The second kappa shape index (κ2) is 10.3. The van der Waals surface area contributed by atoms with Gasteiger partial charge in [0, 0.05) is 50.0 Å². The molecule has 1 aliphatic rings. The van der Waals surface area contributed by atoms with Gasteiger partial charge in [-0.3, -0.25) is 4.79 Å². The molecule has 2 aromatic rings. The number of anilines is 1. The van der Waals surface area contributed by atoms with Crippen molar-refractivity contribution in [2.45, 2.75) is 20.4 Å². The topological polar surface area (TPSA) is 45.3 Å². The van der Waals surface area contributed by atoms with Crippen LogP contribution in [-0.4, -0.2) is 69.2 Å². The summed E-state index contributed by atoms with van der Waals surface area (Å²) >= 11 is 0. The van der Waals surface area contributed by atoms with E-state index in [0.717, 1.165) is 19.6 Å². The van der Waals surface area contributed by atoms with Crippen LogP contribution in [0.3, 0.4) is 0 Å². The maximum Gasteiger partial charge on any atom is 0.254 e. The minimum absolute atomic E-state index is 0.0264. The number of nitrogens with zero attached hydrogens (tertiary/aromatic N) is 3. The number of hydrogen-bond acceptors (Lipinski definition) is 5. The molecule has 30 heavy (non-hydrogen) atoms. The smallest absolute Gasteiger partial charge is 0.254 e. The van der Waals surface area contributed by atoms with Crippen molar-refractivity contribution in [1.29, 1.82) is 0 Å². The number of piperazine rings is 1. The quantitative estimate of drug-likeness (QED) is 0.665. The molecule has 1 fully saturated rings. The van der Waals surface area contributed by atoms with Gasteiger partial charge >= 0.3 is 0 Å². The van der Waals surface area contributed by atoms with Crippen molar-refractivity contribution in [2.24, 2.45) is 0 Å². The molecular formula is C24H33N3O3. The van der Waals surface area contributed by atoms with Crippen LogP contribution < -0.4 is 14.4 Å². The molecule has 6 nitrogen and oxygen atoms in total. The molecule has 162 valence electrons. The van der Waals surface area contributed by atoms with Gasteiger partial charge in [0.15, 0.2) is 0 Å². The van der Waals surface area contributed by atoms with Crippen LogP contribution in [0.2, 0.25) is 0 Å². The Hall–Kier alpha value is -2.73. The molecule has 0 N–H and O–H groups in total. The average molecular weight is 412 g/mol. The molecule has 2 aromatic carbocycles. The highest BCUT2D eigenvalue weighted by Crippen LogP contribution is 2.25. The van der Waals surface area contributed by atoms with E-state index in [0.29, 0.717) is 43.4 Å². The Kier molecular flexibility index (Phi) is 7.57. The van der Waals surface area contributed by atoms with Crippen molar-refractivity contribution in [3.8, 4) is 11.5 Å². The van der Waals surface area contributed by atoms with E-state index in [1.807, 2.05) is 36.9 Å². The summed E-state index contributed by atoms with van der Waals surface area (Å²) in [4.78, 5) is 19.6. The summed E-state index contributed by atoms with van der Waals surface area (Å²) in [7, 11) is 4.16. The maximum atomic E-state index is 13.1. The molecule has 0 spiro atoms. The average Bonchev–Trinajstić information content (AvgIpc) is 2.73. The summed E-state index contributed by atoms with van der Waals surface area (Å²) in [5.41, 5.74) is 3.14. The third kappa shape index (κ3) is 5.66. The van der Waals surface area contributed by atoms with Gasteiger partial charge in [-0.15, -0.1) is 0 Å². The Morgan fingerprint density at radius 2 is 1.57 bits per heavy atom. The fourth-order valence-electron chi connectivity index (χ4n) is 3.76. The molecule has 1 aliphatic heterocycles. The Bertz CT molecular complexity index is 821. The van der Waals surface area contributed by atoms with Crippen LogP contribution in [0.15, 0.2) is 42.5 Å². The van der Waals surface area contributed by atoms with Crippen LogP contribution in [0.25, 0.3) is 0 Å². The van der Waals surface area contributed by atoms with Crippen LogP contribution >= 0.6 is 0 Å². The number of ether oxygens (including phenoxy) is 2. The zero-order chi connectivity index (χ0) is 21.5. The molecule has 6 heteroatoms. The first kappa shape index (κ1) is 22.0. The van der Waals surface area contributed by atoms with Gasteiger partial charge in [0.05, 0.1) is 13.2 Å². The Balaban J connectivity index is 1.67. The molecule has 3 rings (SSSR count). The van der Waals surface area contributed by atoms with Gasteiger partial charge in [0.25, 0.3) is 5.91 Å². The van der Waals surface area contributed by atoms with Crippen LogP contribution in [0.1, 0.15) is 29.8 Å². The van der Waals surface area contributed by atoms with E-state index < -0.39 is 0 Å². The van der Waals surface area contributed by atoms with E-state index in [2.05, 4.69) is 48.2 Å². The molecule has 0 saturated carbocycles. The zero-order valence-electron chi connectivity index (χ0n) is 18.6. The third-order valence-corrected chi connectivity index (χ3v) is 5.09. The van der Waals surface area contributed by atoms with Gasteiger partial charge < -0.3 is 24.2 Å². The minimum Gasteiger partial charge on any atom is -0.494 e. The number of hydrogen-bond donors (Lipinski definition) is 0. The lowest BCUT2D eigenvalue weighted by atomic mass is 10.1. The van der Waals surface area contributed by atoms with E-state index in [1.54, 1.807) is 0 Å². The van der Waals surface area contributed by atoms with Gasteiger partial charge in [-0.2, -0.15) is 0 Å². The van der Waals surface area contributed by atoms with E-state index in [9.17, 15) is 4.79 Å². The largest absolute Gasteiger partial charge is 0.494 e. The van der Waals surface area contributed by atoms with Crippen molar-refractivity contribution in [2.75, 3.05) is 58.4 Å². The molecular weight excluding hydrogens is 378 g/mol. The first-order chi connectivity index (χ1) is 14.5. The van der Waals surface area contributed by atoms with Crippen molar-refractivity contribution >= 4 is 11.6 Å². The monoisotopic (exact) mass is 411 g/mol. The van der Waals surface area contributed by atoms with Gasteiger partial charge in [-0.25, -0.2) is 0 Å². The van der Waals surface area contributed by atoms with Crippen LogP contribution in [0.4, 0.5) is 5.69 Å². The molecule has 0 unspecified atom stereocenters. The highest BCUT2D eigenvalue weighted by atomic mass is 16.5.